The third kappa shape index (κ3) is 5.72. The first-order chi connectivity index (χ1) is 17.4. The molecule has 1 aromatic heterocycles. The van der Waals surface area contributed by atoms with Gasteiger partial charge in [-0.15, -0.1) is 0 Å². The van der Waals surface area contributed by atoms with E-state index in [4.69, 9.17) is 9.47 Å². The number of benzene rings is 3. The Balaban J connectivity index is 1.46. The number of hydrogen-bond donors (Lipinski definition) is 3. The summed E-state index contributed by atoms with van der Waals surface area (Å²) in [4.78, 5) is 27.1. The summed E-state index contributed by atoms with van der Waals surface area (Å²) in [6, 6.07) is 13.2. The molecule has 1 amide bonds. The van der Waals surface area contributed by atoms with Gasteiger partial charge in [-0.2, -0.15) is 0 Å². The zero-order valence-electron chi connectivity index (χ0n) is 20.7. The number of nitrogens with one attached hydrogen (secondary N) is 2. The normalized spacial score (nSPS) is 11.4. The van der Waals surface area contributed by atoms with Gasteiger partial charge in [0, 0.05) is 23.5 Å². The van der Waals surface area contributed by atoms with Crippen LogP contribution in [0.1, 0.15) is 41.0 Å². The van der Waals surface area contributed by atoms with E-state index in [-0.39, 0.29) is 12.3 Å². The van der Waals surface area contributed by atoms with Gasteiger partial charge in [-0.3, -0.25) is 4.79 Å². The van der Waals surface area contributed by atoms with E-state index in [0.29, 0.717) is 44.8 Å². The molecule has 9 heteroatoms. The van der Waals surface area contributed by atoms with Crippen molar-refractivity contribution in [2.24, 2.45) is 0 Å². The van der Waals surface area contributed by atoms with Crippen LogP contribution in [0.2, 0.25) is 0 Å². The third-order valence-electron chi connectivity index (χ3n) is 5.89. The fourth-order valence-corrected chi connectivity index (χ4v) is 3.83. The van der Waals surface area contributed by atoms with Gasteiger partial charge >= 0.3 is 5.97 Å². The van der Waals surface area contributed by atoms with Crippen molar-refractivity contribution >= 4 is 22.8 Å². The highest BCUT2D eigenvalue weighted by Crippen LogP contribution is 2.30. The standard InChI is InChI=1S/C28H26F2N2O5/c1-15-9-20(6-8-24(15)37-28(3,4)27(34)35)36-21-11-17(10-19(30)12-21)14-31-26(33)25-16(2)22-13-18(29)5-7-23(22)32-25/h5-13,32H,14H2,1-4H3,(H,31,33)(H,34,35). The van der Waals surface area contributed by atoms with Gasteiger partial charge in [0.1, 0.15) is 34.6 Å². The number of amides is 1. The maximum atomic E-state index is 14.3. The van der Waals surface area contributed by atoms with Crippen LogP contribution in [-0.2, 0) is 11.3 Å². The third-order valence-corrected chi connectivity index (χ3v) is 5.89. The molecule has 0 atom stereocenters. The molecule has 0 unspecified atom stereocenters. The Bertz CT molecular complexity index is 1510. The number of carboxylic acid groups (broad SMARTS) is 1. The Labute approximate surface area is 212 Å². The molecule has 7 nitrogen and oxygen atoms in total. The summed E-state index contributed by atoms with van der Waals surface area (Å²) < 4.78 is 39.3. The lowest BCUT2D eigenvalue weighted by Crippen LogP contribution is -2.38. The van der Waals surface area contributed by atoms with Crippen molar-refractivity contribution in [2.45, 2.75) is 39.8 Å². The highest BCUT2D eigenvalue weighted by Gasteiger charge is 2.30. The zero-order valence-corrected chi connectivity index (χ0v) is 20.7. The Morgan fingerprint density at radius 3 is 2.43 bits per heavy atom. The van der Waals surface area contributed by atoms with Crippen molar-refractivity contribution in [1.82, 2.24) is 10.3 Å². The van der Waals surface area contributed by atoms with Gasteiger partial charge in [-0.05, 0) is 92.9 Å². The topological polar surface area (TPSA) is 101 Å². The van der Waals surface area contributed by atoms with E-state index in [1.807, 2.05) is 0 Å². The molecule has 192 valence electrons. The van der Waals surface area contributed by atoms with Crippen LogP contribution in [0, 0.1) is 25.5 Å². The van der Waals surface area contributed by atoms with Gasteiger partial charge < -0.3 is 24.9 Å². The fraction of sp³-hybridized carbons (Fsp3) is 0.214. The Hall–Kier alpha value is -4.40. The first-order valence-corrected chi connectivity index (χ1v) is 11.5. The number of halogens is 2. The zero-order chi connectivity index (χ0) is 26.9. The predicted molar refractivity (Wildman–Crippen MR) is 134 cm³/mol. The van der Waals surface area contributed by atoms with Crippen LogP contribution in [-0.4, -0.2) is 27.6 Å². The SMILES string of the molecule is Cc1cc(Oc2cc(F)cc(CNC(=O)c3[nH]c4ccc(F)cc4c3C)c2)ccc1OC(C)(C)C(=O)O. The summed E-state index contributed by atoms with van der Waals surface area (Å²) in [5, 5.41) is 12.6. The minimum Gasteiger partial charge on any atom is -0.478 e. The number of aryl methyl sites for hydroxylation is 2. The van der Waals surface area contributed by atoms with Crippen LogP contribution in [0.25, 0.3) is 10.9 Å². The molecule has 0 radical (unpaired) electrons. The molecular formula is C28H26F2N2O5. The molecule has 0 aliphatic rings. The number of aromatic nitrogens is 1. The van der Waals surface area contributed by atoms with Crippen LogP contribution in [0.3, 0.4) is 0 Å². The second kappa shape index (κ2) is 9.93. The average Bonchev–Trinajstić information content (AvgIpc) is 3.14. The molecule has 0 bridgehead atoms. The van der Waals surface area contributed by atoms with Crippen LogP contribution in [0.5, 0.6) is 17.2 Å². The van der Waals surface area contributed by atoms with E-state index < -0.39 is 29.1 Å². The quantitative estimate of drug-likeness (QED) is 0.270. The van der Waals surface area contributed by atoms with Crippen LogP contribution < -0.4 is 14.8 Å². The summed E-state index contributed by atoms with van der Waals surface area (Å²) in [6.45, 7) is 6.40. The molecule has 37 heavy (non-hydrogen) atoms. The smallest absolute Gasteiger partial charge is 0.347 e. The van der Waals surface area contributed by atoms with E-state index in [2.05, 4.69) is 10.3 Å². The Morgan fingerprint density at radius 1 is 0.973 bits per heavy atom. The van der Waals surface area contributed by atoms with Crippen LogP contribution in [0.4, 0.5) is 8.78 Å². The van der Waals surface area contributed by atoms with E-state index in [0.717, 1.165) is 0 Å². The van der Waals surface area contributed by atoms with E-state index in [1.54, 1.807) is 44.2 Å². The van der Waals surface area contributed by atoms with Crippen LogP contribution >= 0.6 is 0 Å². The summed E-state index contributed by atoms with van der Waals surface area (Å²) >= 11 is 0. The highest BCUT2D eigenvalue weighted by molar-refractivity contribution is 6.00. The number of H-pyrrole nitrogens is 1. The summed E-state index contributed by atoms with van der Waals surface area (Å²) in [5.74, 6) is -1.43. The van der Waals surface area contributed by atoms with E-state index in [1.165, 1.54) is 38.1 Å². The van der Waals surface area contributed by atoms with Crippen molar-refractivity contribution in [1.29, 1.82) is 0 Å². The minimum atomic E-state index is -1.41. The van der Waals surface area contributed by atoms with Crippen molar-refractivity contribution in [2.75, 3.05) is 0 Å². The lowest BCUT2D eigenvalue weighted by molar-refractivity contribution is -0.152. The second-order valence-corrected chi connectivity index (χ2v) is 9.24. The van der Waals surface area contributed by atoms with Crippen molar-refractivity contribution in [3.8, 4) is 17.2 Å². The molecule has 0 saturated heterocycles. The number of carbonyl (C=O) groups excluding carboxylic acids is 1. The first-order valence-electron chi connectivity index (χ1n) is 11.5. The highest BCUT2D eigenvalue weighted by atomic mass is 19.1. The van der Waals surface area contributed by atoms with Gasteiger partial charge in [0.25, 0.3) is 5.91 Å². The number of carbonyl (C=O) groups is 2. The number of aliphatic carboxylic acids is 1. The lowest BCUT2D eigenvalue weighted by atomic mass is 10.1. The molecule has 4 aromatic rings. The monoisotopic (exact) mass is 508 g/mol. The molecule has 0 aliphatic carbocycles. The van der Waals surface area contributed by atoms with Gasteiger partial charge in [0.15, 0.2) is 5.60 Å². The second-order valence-electron chi connectivity index (χ2n) is 9.24. The molecule has 3 N–H and O–H groups in total. The van der Waals surface area contributed by atoms with Crippen molar-refractivity contribution < 1.29 is 33.0 Å². The fourth-order valence-electron chi connectivity index (χ4n) is 3.83. The molecule has 0 aliphatic heterocycles. The van der Waals surface area contributed by atoms with Gasteiger partial charge in [-0.25, -0.2) is 13.6 Å². The molecule has 4 rings (SSSR count). The number of fused-ring (bicyclic) bond motifs is 1. The number of carboxylic acids is 1. The van der Waals surface area contributed by atoms with Crippen LogP contribution in [0.15, 0.2) is 54.6 Å². The maximum absolute atomic E-state index is 14.3. The van der Waals surface area contributed by atoms with Gasteiger partial charge in [0.2, 0.25) is 0 Å². The first kappa shape index (κ1) is 25.7. The van der Waals surface area contributed by atoms with E-state index >= 15 is 0 Å². The number of aromatic amines is 1. The Kier molecular flexibility index (Phi) is 6.89. The van der Waals surface area contributed by atoms with Gasteiger partial charge in [-0.1, -0.05) is 0 Å². The van der Waals surface area contributed by atoms with Crippen molar-refractivity contribution in [3.63, 3.8) is 0 Å². The predicted octanol–water partition coefficient (Wildman–Crippen LogP) is 6.03. The molecule has 0 saturated carbocycles. The Morgan fingerprint density at radius 2 is 1.73 bits per heavy atom. The molecule has 0 spiro atoms. The summed E-state index contributed by atoms with van der Waals surface area (Å²) in [6.07, 6.45) is 0. The molecule has 0 fully saturated rings. The number of hydrogen-bond acceptors (Lipinski definition) is 4. The number of ether oxygens (including phenoxy) is 2. The molecular weight excluding hydrogens is 482 g/mol. The molecule has 1 heterocycles. The van der Waals surface area contributed by atoms with Crippen molar-refractivity contribution in [3.05, 3.63) is 88.6 Å². The minimum absolute atomic E-state index is 0.0339. The molecule has 3 aromatic carbocycles. The number of rotatable bonds is 8. The maximum Gasteiger partial charge on any atom is 0.347 e. The average molecular weight is 509 g/mol. The van der Waals surface area contributed by atoms with Gasteiger partial charge in [0.05, 0.1) is 0 Å². The summed E-state index contributed by atoms with van der Waals surface area (Å²) in [7, 11) is 0. The van der Waals surface area contributed by atoms with E-state index in [9.17, 15) is 23.5 Å². The summed E-state index contributed by atoms with van der Waals surface area (Å²) in [5.41, 5.74) is 1.27. The lowest BCUT2D eigenvalue weighted by Gasteiger charge is -2.23. The largest absolute Gasteiger partial charge is 0.478 e.